The van der Waals surface area contributed by atoms with Crippen LogP contribution in [0.3, 0.4) is 0 Å². The maximum absolute atomic E-state index is 15.0. The molecule has 1 aliphatic heterocycles. The topological polar surface area (TPSA) is 85.7 Å². The van der Waals surface area contributed by atoms with Gasteiger partial charge < -0.3 is 19.7 Å². The number of piperidine rings is 1. The fraction of sp³-hybridized carbons (Fsp3) is 0.844. The van der Waals surface area contributed by atoms with E-state index >= 15 is 4.39 Å². The van der Waals surface area contributed by atoms with Gasteiger partial charge >= 0.3 is 5.97 Å². The molecule has 1 saturated heterocycles. The monoisotopic (exact) mass is 574 g/mol. The van der Waals surface area contributed by atoms with Crippen LogP contribution in [0.4, 0.5) is 4.39 Å². The average Bonchev–Trinajstić information content (AvgIpc) is 3.39. The highest BCUT2D eigenvalue weighted by atomic mass is 19.1. The number of halogens is 1. The van der Waals surface area contributed by atoms with Crippen molar-refractivity contribution in [2.75, 3.05) is 32.8 Å². The third-order valence-corrected chi connectivity index (χ3v) is 10.4. The Morgan fingerprint density at radius 3 is 2.44 bits per heavy atom. The Hall–Kier alpha value is -2.16. The molecule has 4 aliphatic rings. The number of alkyl halides is 1. The Morgan fingerprint density at radius 1 is 1.05 bits per heavy atom. The number of carbonyl (C=O) groups excluding carboxylic acids is 2. The summed E-state index contributed by atoms with van der Waals surface area (Å²) in [6, 6.07) is 0.120. The van der Waals surface area contributed by atoms with Crippen LogP contribution < -0.4 is 10.1 Å². The number of fused-ring (bicyclic) bond motifs is 2. The summed E-state index contributed by atoms with van der Waals surface area (Å²) < 4.78 is 28.2. The molecular formula is C32H51FN4O4. The van der Waals surface area contributed by atoms with Crippen molar-refractivity contribution in [3.63, 3.8) is 0 Å². The Balaban J connectivity index is 1.21. The zero-order valence-corrected chi connectivity index (χ0v) is 25.3. The number of likely N-dealkylation sites (tertiary alicyclic amines) is 1. The molecular weight excluding hydrogens is 523 g/mol. The maximum atomic E-state index is 15.0. The molecule has 1 aromatic heterocycles. The van der Waals surface area contributed by atoms with Gasteiger partial charge in [0.25, 0.3) is 5.91 Å². The Morgan fingerprint density at radius 2 is 1.76 bits per heavy atom. The Bertz CT molecular complexity index is 1010. The molecule has 3 aliphatic carbocycles. The fourth-order valence-corrected chi connectivity index (χ4v) is 7.82. The van der Waals surface area contributed by atoms with E-state index in [4.69, 9.17) is 9.47 Å². The second-order valence-corrected chi connectivity index (χ2v) is 13.3. The van der Waals surface area contributed by atoms with Gasteiger partial charge in [0.15, 0.2) is 0 Å². The molecule has 1 N–H and O–H groups in total. The van der Waals surface area contributed by atoms with Gasteiger partial charge in [-0.15, -0.1) is 0 Å². The lowest BCUT2D eigenvalue weighted by Gasteiger charge is -2.41. The molecule has 3 unspecified atom stereocenters. The van der Waals surface area contributed by atoms with E-state index in [1.807, 2.05) is 0 Å². The summed E-state index contributed by atoms with van der Waals surface area (Å²) >= 11 is 0. The van der Waals surface area contributed by atoms with Crippen molar-refractivity contribution in [2.24, 2.45) is 23.7 Å². The minimum atomic E-state index is -1.90. The van der Waals surface area contributed by atoms with Crippen molar-refractivity contribution in [3.8, 4) is 5.88 Å². The quantitative estimate of drug-likeness (QED) is 0.349. The zero-order valence-electron chi connectivity index (χ0n) is 25.3. The first-order valence-corrected chi connectivity index (χ1v) is 16.4. The van der Waals surface area contributed by atoms with Gasteiger partial charge in [-0.2, -0.15) is 5.10 Å². The molecule has 8 nitrogen and oxygen atoms in total. The first kappa shape index (κ1) is 30.3. The second kappa shape index (κ2) is 13.9. The molecule has 1 aromatic rings. The number of aromatic nitrogens is 2. The van der Waals surface area contributed by atoms with Gasteiger partial charge in [-0.1, -0.05) is 38.5 Å². The summed E-state index contributed by atoms with van der Waals surface area (Å²) in [4.78, 5) is 27.8. The average molecular weight is 575 g/mol. The van der Waals surface area contributed by atoms with Crippen molar-refractivity contribution < 1.29 is 23.5 Å². The van der Waals surface area contributed by atoms with Crippen molar-refractivity contribution in [3.05, 3.63) is 11.8 Å². The molecule has 3 atom stereocenters. The number of rotatable bonds is 11. The number of amides is 1. The lowest BCUT2D eigenvalue weighted by Crippen LogP contribution is -2.47. The summed E-state index contributed by atoms with van der Waals surface area (Å²) in [5.74, 6) is 2.37. The van der Waals surface area contributed by atoms with Crippen molar-refractivity contribution in [1.29, 1.82) is 0 Å². The van der Waals surface area contributed by atoms with E-state index in [1.165, 1.54) is 57.8 Å². The molecule has 2 bridgehead atoms. The van der Waals surface area contributed by atoms with Gasteiger partial charge in [-0.3, -0.25) is 4.79 Å². The molecule has 230 valence electrons. The third kappa shape index (κ3) is 7.63. The van der Waals surface area contributed by atoms with Crippen LogP contribution in [0.25, 0.3) is 0 Å². The Kier molecular flexibility index (Phi) is 10.3. The minimum absolute atomic E-state index is 0.104. The number of carbonyl (C=O) groups is 2. The summed E-state index contributed by atoms with van der Waals surface area (Å²) in [5, 5.41) is 7.90. The standard InChI is InChI=1S/C32H51FN4O4/c1-3-40-31(39)32(33)12-14-36(15-13-32)16-17-37-30(41-22-24-8-5-4-6-9-24)28(21-34-37)29(38)35-23(2)27-19-25-10-7-11-26(18-25)20-27/h21,23-27H,3-20,22H2,1-2H3,(H,35,38). The van der Waals surface area contributed by atoms with Crippen molar-refractivity contribution >= 4 is 11.9 Å². The number of esters is 1. The van der Waals surface area contributed by atoms with E-state index in [2.05, 4.69) is 22.2 Å². The molecule has 41 heavy (non-hydrogen) atoms. The lowest BCUT2D eigenvalue weighted by molar-refractivity contribution is -0.160. The zero-order chi connectivity index (χ0) is 28.8. The minimum Gasteiger partial charge on any atom is -0.477 e. The van der Waals surface area contributed by atoms with E-state index in [0.717, 1.165) is 24.7 Å². The van der Waals surface area contributed by atoms with Crippen LogP contribution in [0.1, 0.15) is 108 Å². The van der Waals surface area contributed by atoms with Gasteiger partial charge in [-0.05, 0) is 69.6 Å². The molecule has 5 rings (SSSR count). The predicted octanol–water partition coefficient (Wildman–Crippen LogP) is 5.54. The summed E-state index contributed by atoms with van der Waals surface area (Å²) in [6.07, 6.45) is 15.8. The maximum Gasteiger partial charge on any atom is 0.343 e. The van der Waals surface area contributed by atoms with Gasteiger partial charge in [0.2, 0.25) is 11.5 Å². The fourth-order valence-electron chi connectivity index (χ4n) is 7.82. The normalized spacial score (nSPS) is 27.6. The van der Waals surface area contributed by atoms with Crippen LogP contribution in [0.2, 0.25) is 0 Å². The SMILES string of the molecule is CCOC(=O)C1(F)CCN(CCn2ncc(C(=O)NC(C)C3CC4CCCC(C4)C3)c2OCC2CCCCC2)CC1. The van der Waals surface area contributed by atoms with Crippen LogP contribution in [0.5, 0.6) is 5.88 Å². The summed E-state index contributed by atoms with van der Waals surface area (Å²) in [5.41, 5.74) is -1.39. The largest absolute Gasteiger partial charge is 0.477 e. The molecule has 1 amide bonds. The van der Waals surface area contributed by atoms with Crippen molar-refractivity contribution in [2.45, 2.75) is 116 Å². The van der Waals surface area contributed by atoms with Crippen LogP contribution >= 0.6 is 0 Å². The van der Waals surface area contributed by atoms with Crippen LogP contribution in [0, 0.1) is 23.7 Å². The molecule has 4 fully saturated rings. The molecule has 9 heteroatoms. The number of nitrogens with one attached hydrogen (secondary N) is 1. The highest BCUT2D eigenvalue weighted by molar-refractivity contribution is 5.96. The van der Waals surface area contributed by atoms with Gasteiger partial charge in [0.05, 0.1) is 26.0 Å². The first-order chi connectivity index (χ1) is 19.8. The second-order valence-electron chi connectivity index (χ2n) is 13.3. The summed E-state index contributed by atoms with van der Waals surface area (Å²) in [6.45, 7) is 6.77. The highest BCUT2D eigenvalue weighted by Crippen LogP contribution is 2.43. The lowest BCUT2D eigenvalue weighted by atomic mass is 9.66. The highest BCUT2D eigenvalue weighted by Gasteiger charge is 2.43. The van der Waals surface area contributed by atoms with Crippen LogP contribution in [-0.2, 0) is 16.1 Å². The number of nitrogens with zero attached hydrogens (tertiary/aromatic N) is 3. The smallest absolute Gasteiger partial charge is 0.343 e. The number of hydrogen-bond acceptors (Lipinski definition) is 6. The molecule has 3 saturated carbocycles. The third-order valence-electron chi connectivity index (χ3n) is 10.4. The van der Waals surface area contributed by atoms with E-state index < -0.39 is 11.6 Å². The van der Waals surface area contributed by atoms with E-state index in [-0.39, 0.29) is 31.4 Å². The van der Waals surface area contributed by atoms with E-state index in [1.54, 1.807) is 17.8 Å². The first-order valence-electron chi connectivity index (χ1n) is 16.4. The van der Waals surface area contributed by atoms with Crippen LogP contribution in [-0.4, -0.2) is 71.1 Å². The molecule has 0 spiro atoms. The van der Waals surface area contributed by atoms with E-state index in [9.17, 15) is 9.59 Å². The van der Waals surface area contributed by atoms with Crippen LogP contribution in [0.15, 0.2) is 6.20 Å². The van der Waals surface area contributed by atoms with Gasteiger partial charge in [0.1, 0.15) is 5.56 Å². The van der Waals surface area contributed by atoms with E-state index in [0.29, 0.717) is 56.1 Å². The summed E-state index contributed by atoms with van der Waals surface area (Å²) in [7, 11) is 0. The predicted molar refractivity (Wildman–Crippen MR) is 156 cm³/mol. The molecule has 2 heterocycles. The Labute approximate surface area is 245 Å². The van der Waals surface area contributed by atoms with Gasteiger partial charge in [0, 0.05) is 38.5 Å². The molecule has 0 radical (unpaired) electrons. The molecule has 0 aromatic carbocycles. The number of hydrogen-bond donors (Lipinski definition) is 1. The van der Waals surface area contributed by atoms with Gasteiger partial charge in [-0.25, -0.2) is 13.9 Å². The van der Waals surface area contributed by atoms with Crippen molar-refractivity contribution in [1.82, 2.24) is 20.0 Å². The number of ether oxygens (including phenoxy) is 2.